The summed E-state index contributed by atoms with van der Waals surface area (Å²) in [5.74, 6) is 0.499. The molecule has 0 fully saturated rings. The molecule has 0 radical (unpaired) electrons. The zero-order chi connectivity index (χ0) is 14.2. The van der Waals surface area contributed by atoms with E-state index in [4.69, 9.17) is 5.73 Å². The van der Waals surface area contributed by atoms with Gasteiger partial charge in [-0.2, -0.15) is 0 Å². The Morgan fingerprint density at radius 3 is 3.05 bits per heavy atom. The molecule has 0 aromatic carbocycles. The number of pyridine rings is 1. The summed E-state index contributed by atoms with van der Waals surface area (Å²) < 4.78 is 1.99. The van der Waals surface area contributed by atoms with Crippen molar-refractivity contribution in [3.05, 3.63) is 36.3 Å². The van der Waals surface area contributed by atoms with Gasteiger partial charge >= 0.3 is 0 Å². The van der Waals surface area contributed by atoms with Crippen molar-refractivity contribution in [1.29, 1.82) is 0 Å². The summed E-state index contributed by atoms with van der Waals surface area (Å²) >= 11 is 0. The first-order chi connectivity index (χ1) is 9.79. The zero-order valence-corrected chi connectivity index (χ0v) is 12.0. The molecule has 0 atom stereocenters. The second kappa shape index (κ2) is 7.53. The van der Waals surface area contributed by atoms with E-state index >= 15 is 0 Å². The Kier molecular flexibility index (Phi) is 5.41. The second-order valence-electron chi connectivity index (χ2n) is 4.89. The molecule has 0 aliphatic carbocycles. The summed E-state index contributed by atoms with van der Waals surface area (Å²) in [5.41, 5.74) is 7.69. The van der Waals surface area contributed by atoms with E-state index in [1.807, 2.05) is 35.0 Å². The standard InChI is InChI=1S/C15H23N5/c1-2-3-4-6-9-17-15(16)18-11-13-12-20-10-7-5-8-14(20)19-13/h5,7-8,10,12H,2-4,6,9,11H2,1H3,(H3,16,17,18). The number of fused-ring (bicyclic) bond motifs is 1. The van der Waals surface area contributed by atoms with Gasteiger partial charge in [0.05, 0.1) is 12.2 Å². The van der Waals surface area contributed by atoms with Gasteiger partial charge in [0.1, 0.15) is 5.65 Å². The first-order valence-electron chi connectivity index (χ1n) is 7.26. The van der Waals surface area contributed by atoms with Crippen LogP contribution < -0.4 is 11.1 Å². The number of guanidine groups is 1. The maximum absolute atomic E-state index is 5.83. The zero-order valence-electron chi connectivity index (χ0n) is 12.0. The fourth-order valence-electron chi connectivity index (χ4n) is 2.05. The van der Waals surface area contributed by atoms with Crippen molar-refractivity contribution in [1.82, 2.24) is 14.7 Å². The number of hydrogen-bond acceptors (Lipinski definition) is 2. The van der Waals surface area contributed by atoms with Gasteiger partial charge in [0.2, 0.25) is 0 Å². The predicted molar refractivity (Wildman–Crippen MR) is 82.7 cm³/mol. The summed E-state index contributed by atoms with van der Waals surface area (Å²) in [6, 6.07) is 5.93. The summed E-state index contributed by atoms with van der Waals surface area (Å²) in [4.78, 5) is 8.79. The van der Waals surface area contributed by atoms with Gasteiger partial charge < -0.3 is 15.5 Å². The van der Waals surface area contributed by atoms with Crippen molar-refractivity contribution in [3.63, 3.8) is 0 Å². The lowest BCUT2D eigenvalue weighted by atomic mass is 10.2. The van der Waals surface area contributed by atoms with Crippen molar-refractivity contribution in [2.24, 2.45) is 10.7 Å². The van der Waals surface area contributed by atoms with E-state index in [1.165, 1.54) is 19.3 Å². The second-order valence-corrected chi connectivity index (χ2v) is 4.89. The smallest absolute Gasteiger partial charge is 0.188 e. The molecule has 0 saturated carbocycles. The van der Waals surface area contributed by atoms with E-state index in [-0.39, 0.29) is 0 Å². The van der Waals surface area contributed by atoms with E-state index in [0.717, 1.165) is 24.3 Å². The molecule has 3 N–H and O–H groups in total. The highest BCUT2D eigenvalue weighted by Gasteiger charge is 2.00. The van der Waals surface area contributed by atoms with Gasteiger partial charge in [-0.25, -0.2) is 9.98 Å². The van der Waals surface area contributed by atoms with E-state index in [1.54, 1.807) is 0 Å². The van der Waals surface area contributed by atoms with Gasteiger partial charge in [0.15, 0.2) is 5.96 Å². The SMILES string of the molecule is CCCCCCNC(N)=NCc1cn2ccccc2n1. The third kappa shape index (κ3) is 4.26. The number of rotatable bonds is 7. The van der Waals surface area contributed by atoms with Crippen LogP contribution in [0.5, 0.6) is 0 Å². The van der Waals surface area contributed by atoms with E-state index < -0.39 is 0 Å². The lowest BCUT2D eigenvalue weighted by molar-refractivity contribution is 0.652. The largest absolute Gasteiger partial charge is 0.370 e. The topological polar surface area (TPSA) is 67.7 Å². The molecule has 2 heterocycles. The van der Waals surface area contributed by atoms with Crippen LogP contribution in [0, 0.1) is 0 Å². The highest BCUT2D eigenvalue weighted by atomic mass is 15.1. The van der Waals surface area contributed by atoms with Crippen molar-refractivity contribution in [2.75, 3.05) is 6.54 Å². The first kappa shape index (κ1) is 14.4. The molecule has 0 spiro atoms. The van der Waals surface area contributed by atoms with Crippen molar-refractivity contribution in [3.8, 4) is 0 Å². The maximum Gasteiger partial charge on any atom is 0.188 e. The molecule has 0 amide bonds. The van der Waals surface area contributed by atoms with Gasteiger partial charge in [0, 0.05) is 18.9 Å². The molecule has 2 rings (SSSR count). The van der Waals surface area contributed by atoms with Crippen LogP contribution in [-0.2, 0) is 6.54 Å². The molecule has 5 heteroatoms. The molecule has 0 aliphatic rings. The van der Waals surface area contributed by atoms with Gasteiger partial charge in [0.25, 0.3) is 0 Å². The molecule has 0 unspecified atom stereocenters. The van der Waals surface area contributed by atoms with Gasteiger partial charge in [-0.15, -0.1) is 0 Å². The molecule has 108 valence electrons. The number of nitrogens with one attached hydrogen (secondary N) is 1. The Bertz CT molecular complexity index is 525. The molecular weight excluding hydrogens is 250 g/mol. The summed E-state index contributed by atoms with van der Waals surface area (Å²) in [5, 5.41) is 3.14. The molecule has 20 heavy (non-hydrogen) atoms. The summed E-state index contributed by atoms with van der Waals surface area (Å²) in [6.07, 6.45) is 8.86. The van der Waals surface area contributed by atoms with Crippen LogP contribution in [-0.4, -0.2) is 21.9 Å². The van der Waals surface area contributed by atoms with Gasteiger partial charge in [-0.1, -0.05) is 32.3 Å². The van der Waals surface area contributed by atoms with Crippen LogP contribution in [0.25, 0.3) is 5.65 Å². The Balaban J connectivity index is 1.79. The van der Waals surface area contributed by atoms with Crippen molar-refractivity contribution < 1.29 is 0 Å². The number of hydrogen-bond donors (Lipinski definition) is 2. The molecular formula is C15H23N5. The third-order valence-electron chi connectivity index (χ3n) is 3.16. The lowest BCUT2D eigenvalue weighted by Crippen LogP contribution is -2.32. The lowest BCUT2D eigenvalue weighted by Gasteiger charge is -2.04. The van der Waals surface area contributed by atoms with Gasteiger partial charge in [-0.05, 0) is 18.6 Å². The average Bonchev–Trinajstić information content (AvgIpc) is 2.88. The average molecular weight is 273 g/mol. The number of unbranched alkanes of at least 4 members (excludes halogenated alkanes) is 3. The number of aliphatic imine (C=N–C) groups is 1. The normalized spacial score (nSPS) is 11.9. The summed E-state index contributed by atoms with van der Waals surface area (Å²) in [7, 11) is 0. The number of imidazole rings is 1. The molecule has 0 saturated heterocycles. The van der Waals surface area contributed by atoms with E-state index in [0.29, 0.717) is 12.5 Å². The number of nitrogens with zero attached hydrogens (tertiary/aromatic N) is 3. The Morgan fingerprint density at radius 2 is 2.25 bits per heavy atom. The molecule has 2 aromatic heterocycles. The highest BCUT2D eigenvalue weighted by molar-refractivity contribution is 5.77. The number of nitrogens with two attached hydrogens (primary N) is 1. The summed E-state index contributed by atoms with van der Waals surface area (Å²) in [6.45, 7) is 3.61. The van der Waals surface area contributed by atoms with Crippen molar-refractivity contribution >= 4 is 11.6 Å². The number of aromatic nitrogens is 2. The fourth-order valence-corrected chi connectivity index (χ4v) is 2.05. The third-order valence-corrected chi connectivity index (χ3v) is 3.16. The monoisotopic (exact) mass is 273 g/mol. The van der Waals surface area contributed by atoms with Crippen LogP contribution in [0.4, 0.5) is 0 Å². The first-order valence-corrected chi connectivity index (χ1v) is 7.26. The Hall–Kier alpha value is -2.04. The van der Waals surface area contributed by atoms with Crippen molar-refractivity contribution in [2.45, 2.75) is 39.2 Å². The highest BCUT2D eigenvalue weighted by Crippen LogP contribution is 2.05. The van der Waals surface area contributed by atoms with Crippen LogP contribution in [0.1, 0.15) is 38.3 Å². The van der Waals surface area contributed by atoms with Crippen LogP contribution in [0.15, 0.2) is 35.6 Å². The molecule has 2 aromatic rings. The fraction of sp³-hybridized carbons (Fsp3) is 0.467. The Morgan fingerprint density at radius 1 is 1.35 bits per heavy atom. The van der Waals surface area contributed by atoms with E-state index in [2.05, 4.69) is 22.2 Å². The molecule has 5 nitrogen and oxygen atoms in total. The van der Waals surface area contributed by atoms with Crippen LogP contribution >= 0.6 is 0 Å². The molecule has 0 bridgehead atoms. The van der Waals surface area contributed by atoms with Crippen LogP contribution in [0.2, 0.25) is 0 Å². The molecule has 0 aliphatic heterocycles. The maximum atomic E-state index is 5.83. The minimum atomic E-state index is 0.499. The Labute approximate surface area is 119 Å². The minimum Gasteiger partial charge on any atom is -0.370 e. The predicted octanol–water partition coefficient (Wildman–Crippen LogP) is 2.32. The van der Waals surface area contributed by atoms with Crippen LogP contribution in [0.3, 0.4) is 0 Å². The van der Waals surface area contributed by atoms with Gasteiger partial charge in [-0.3, -0.25) is 0 Å². The quantitative estimate of drug-likeness (QED) is 0.462. The minimum absolute atomic E-state index is 0.499. The van der Waals surface area contributed by atoms with E-state index in [9.17, 15) is 0 Å².